The number of hydrogen-bond donors (Lipinski definition) is 1. The van der Waals surface area contributed by atoms with Gasteiger partial charge in [-0.25, -0.2) is 0 Å². The van der Waals surface area contributed by atoms with Crippen molar-refractivity contribution in [1.82, 2.24) is 5.32 Å². The normalized spacial score (nSPS) is 11.1. The fourth-order valence-corrected chi connectivity index (χ4v) is 3.15. The Morgan fingerprint density at radius 1 is 0.871 bits per heavy atom. The van der Waals surface area contributed by atoms with Crippen molar-refractivity contribution in [3.8, 4) is 11.5 Å². The van der Waals surface area contributed by atoms with E-state index >= 15 is 0 Å². The van der Waals surface area contributed by atoms with E-state index in [1.54, 1.807) is 13.1 Å². The van der Waals surface area contributed by atoms with Gasteiger partial charge < -0.3 is 14.8 Å². The predicted molar refractivity (Wildman–Crippen MR) is 124 cm³/mol. The van der Waals surface area contributed by atoms with Crippen LogP contribution in [0.4, 0.5) is 0 Å². The van der Waals surface area contributed by atoms with Crippen molar-refractivity contribution in [1.29, 1.82) is 0 Å². The Labute approximate surface area is 184 Å². The molecule has 0 aromatic heterocycles. The van der Waals surface area contributed by atoms with E-state index in [1.165, 1.54) is 0 Å². The second-order valence-corrected chi connectivity index (χ2v) is 7.49. The molecule has 0 amide bonds. The number of aryl methyl sites for hydroxylation is 1. The van der Waals surface area contributed by atoms with Gasteiger partial charge in [0.1, 0.15) is 24.7 Å². The van der Waals surface area contributed by atoms with Gasteiger partial charge in [0.2, 0.25) is 0 Å². The average molecular weight is 416 g/mol. The predicted octanol–water partition coefficient (Wildman–Crippen LogP) is 5.39. The van der Waals surface area contributed by atoms with Crippen molar-refractivity contribution in [2.24, 2.45) is 0 Å². The molecule has 0 bridgehead atoms. The van der Waals surface area contributed by atoms with Gasteiger partial charge in [0.15, 0.2) is 5.78 Å². The average Bonchev–Trinajstić information content (AvgIpc) is 2.79. The van der Waals surface area contributed by atoms with Gasteiger partial charge in [0.25, 0.3) is 0 Å². The Bertz CT molecular complexity index is 1030. The Morgan fingerprint density at radius 3 is 1.97 bits per heavy atom. The number of ketones is 1. The van der Waals surface area contributed by atoms with Gasteiger partial charge in [-0.3, -0.25) is 4.79 Å². The highest BCUT2D eigenvalue weighted by Crippen LogP contribution is 2.30. The summed E-state index contributed by atoms with van der Waals surface area (Å²) in [6.45, 7) is 4.77. The van der Waals surface area contributed by atoms with Crippen LogP contribution in [0.1, 0.15) is 29.2 Å². The van der Waals surface area contributed by atoms with Crippen molar-refractivity contribution >= 4 is 5.78 Å². The number of allylic oxidation sites excluding steroid dienone is 2. The summed E-state index contributed by atoms with van der Waals surface area (Å²) < 4.78 is 12.2. The van der Waals surface area contributed by atoms with E-state index in [2.05, 4.69) is 5.32 Å². The molecule has 31 heavy (non-hydrogen) atoms. The van der Waals surface area contributed by atoms with E-state index in [0.717, 1.165) is 33.7 Å². The SMILES string of the molecule is CN/C(C)=C\C(=O)Cc1cc(OCc2ccccc2)c(C)cc1OCc1ccccc1. The topological polar surface area (TPSA) is 47.6 Å². The maximum atomic E-state index is 12.6. The molecule has 0 unspecified atom stereocenters. The first-order valence-electron chi connectivity index (χ1n) is 10.4. The molecule has 0 fully saturated rings. The molecule has 3 rings (SSSR count). The molecule has 4 nitrogen and oxygen atoms in total. The molecule has 0 aliphatic heterocycles. The molecule has 4 heteroatoms. The molecule has 0 spiro atoms. The minimum Gasteiger partial charge on any atom is -0.489 e. The van der Waals surface area contributed by atoms with Crippen molar-refractivity contribution in [2.45, 2.75) is 33.5 Å². The van der Waals surface area contributed by atoms with Crippen LogP contribution in [0.3, 0.4) is 0 Å². The standard InChI is InChI=1S/C27H29NO3/c1-20-14-27(31-19-23-12-8-5-9-13-23)24(16-25(29)15-21(2)28-3)17-26(20)30-18-22-10-6-4-7-11-22/h4-15,17,28H,16,18-19H2,1-3H3/b21-15-. The highest BCUT2D eigenvalue weighted by Gasteiger charge is 2.13. The first-order valence-corrected chi connectivity index (χ1v) is 10.4. The molecule has 3 aromatic carbocycles. The minimum absolute atomic E-state index is 0.00859. The fraction of sp³-hybridized carbons (Fsp3) is 0.222. The number of ether oxygens (including phenoxy) is 2. The van der Waals surface area contributed by atoms with Gasteiger partial charge in [-0.15, -0.1) is 0 Å². The summed E-state index contributed by atoms with van der Waals surface area (Å²) in [7, 11) is 1.80. The summed E-state index contributed by atoms with van der Waals surface area (Å²) in [5, 5.41) is 2.99. The van der Waals surface area contributed by atoms with Gasteiger partial charge in [-0.05, 0) is 42.7 Å². The second kappa shape index (κ2) is 11.0. The Hall–Kier alpha value is -3.53. The van der Waals surface area contributed by atoms with Gasteiger partial charge in [-0.1, -0.05) is 60.7 Å². The molecule has 0 heterocycles. The molecule has 0 atom stereocenters. The molecule has 0 aliphatic rings. The van der Waals surface area contributed by atoms with E-state index in [4.69, 9.17) is 9.47 Å². The quantitative estimate of drug-likeness (QED) is 0.451. The molecule has 0 aliphatic carbocycles. The number of nitrogens with one attached hydrogen (secondary N) is 1. The molecular formula is C27H29NO3. The Morgan fingerprint density at radius 2 is 1.42 bits per heavy atom. The Kier molecular flexibility index (Phi) is 7.88. The van der Waals surface area contributed by atoms with Crippen molar-refractivity contribution < 1.29 is 14.3 Å². The molecule has 0 saturated heterocycles. The number of benzene rings is 3. The monoisotopic (exact) mass is 415 g/mol. The van der Waals surface area contributed by atoms with Crippen LogP contribution in [0.25, 0.3) is 0 Å². The number of carbonyl (C=O) groups is 1. The summed E-state index contributed by atoms with van der Waals surface area (Å²) in [5.74, 6) is 1.47. The van der Waals surface area contributed by atoms with Crippen LogP contribution >= 0.6 is 0 Å². The lowest BCUT2D eigenvalue weighted by Crippen LogP contribution is -2.09. The summed E-state index contributed by atoms with van der Waals surface area (Å²) >= 11 is 0. The molecular weight excluding hydrogens is 386 g/mol. The smallest absolute Gasteiger partial charge is 0.161 e. The zero-order chi connectivity index (χ0) is 22.1. The molecule has 1 N–H and O–H groups in total. The van der Waals surface area contributed by atoms with Crippen LogP contribution in [-0.4, -0.2) is 12.8 Å². The molecule has 0 radical (unpaired) electrons. The maximum Gasteiger partial charge on any atom is 0.161 e. The van der Waals surface area contributed by atoms with Crippen LogP contribution in [0.5, 0.6) is 11.5 Å². The first-order chi connectivity index (χ1) is 15.0. The van der Waals surface area contributed by atoms with Crippen LogP contribution in [0.2, 0.25) is 0 Å². The van der Waals surface area contributed by atoms with Gasteiger partial charge >= 0.3 is 0 Å². The second-order valence-electron chi connectivity index (χ2n) is 7.49. The van der Waals surface area contributed by atoms with Gasteiger partial charge in [0, 0.05) is 30.8 Å². The van der Waals surface area contributed by atoms with E-state index in [1.807, 2.05) is 86.6 Å². The zero-order valence-corrected chi connectivity index (χ0v) is 18.4. The number of carbonyl (C=O) groups excluding carboxylic acids is 1. The van der Waals surface area contributed by atoms with Crippen LogP contribution in [-0.2, 0) is 24.4 Å². The summed E-state index contributed by atoms with van der Waals surface area (Å²) in [6, 6.07) is 23.9. The zero-order valence-electron chi connectivity index (χ0n) is 18.4. The molecule has 160 valence electrons. The maximum absolute atomic E-state index is 12.6. The van der Waals surface area contributed by atoms with Crippen LogP contribution < -0.4 is 14.8 Å². The number of hydrogen-bond acceptors (Lipinski definition) is 4. The lowest BCUT2D eigenvalue weighted by Gasteiger charge is -2.16. The summed E-state index contributed by atoms with van der Waals surface area (Å²) in [4.78, 5) is 12.6. The first kappa shape index (κ1) is 22.2. The van der Waals surface area contributed by atoms with Crippen molar-refractivity contribution in [3.63, 3.8) is 0 Å². The third-order valence-electron chi connectivity index (χ3n) is 4.97. The van der Waals surface area contributed by atoms with E-state index < -0.39 is 0 Å². The summed E-state index contributed by atoms with van der Waals surface area (Å²) in [6.07, 6.45) is 1.86. The van der Waals surface area contributed by atoms with Crippen LogP contribution in [0.15, 0.2) is 84.6 Å². The van der Waals surface area contributed by atoms with Crippen LogP contribution in [0, 0.1) is 6.92 Å². The highest BCUT2D eigenvalue weighted by molar-refractivity contribution is 5.92. The van der Waals surface area contributed by atoms with E-state index in [0.29, 0.717) is 19.0 Å². The Balaban J connectivity index is 1.83. The van der Waals surface area contributed by atoms with Crippen molar-refractivity contribution in [3.05, 3.63) is 107 Å². The lowest BCUT2D eigenvalue weighted by molar-refractivity contribution is -0.114. The van der Waals surface area contributed by atoms with Gasteiger partial charge in [0.05, 0.1) is 0 Å². The highest BCUT2D eigenvalue weighted by atomic mass is 16.5. The molecule has 3 aromatic rings. The van der Waals surface area contributed by atoms with E-state index in [-0.39, 0.29) is 12.2 Å². The van der Waals surface area contributed by atoms with Gasteiger partial charge in [-0.2, -0.15) is 0 Å². The molecule has 0 saturated carbocycles. The largest absolute Gasteiger partial charge is 0.489 e. The lowest BCUT2D eigenvalue weighted by atomic mass is 10.0. The van der Waals surface area contributed by atoms with E-state index in [9.17, 15) is 4.79 Å². The fourth-order valence-electron chi connectivity index (χ4n) is 3.15. The summed E-state index contributed by atoms with van der Waals surface area (Å²) in [5.41, 5.74) is 4.78. The number of rotatable bonds is 10. The third kappa shape index (κ3) is 6.75. The third-order valence-corrected chi connectivity index (χ3v) is 4.97. The van der Waals surface area contributed by atoms with Crippen molar-refractivity contribution in [2.75, 3.05) is 7.05 Å². The minimum atomic E-state index is 0.00859.